The first-order valence-electron chi connectivity index (χ1n) is 9.41. The molecule has 1 amide bonds. The van der Waals surface area contributed by atoms with E-state index in [2.05, 4.69) is 15.5 Å². The number of hydrogen-bond donors (Lipinski definition) is 2. The molecule has 0 unspecified atom stereocenters. The van der Waals surface area contributed by atoms with E-state index in [4.69, 9.17) is 4.74 Å². The van der Waals surface area contributed by atoms with Gasteiger partial charge in [0, 0.05) is 50.9 Å². The molecule has 1 saturated heterocycles. The predicted octanol–water partition coefficient (Wildman–Crippen LogP) is 3.06. The summed E-state index contributed by atoms with van der Waals surface area (Å²) in [5, 5.41) is 6.19. The van der Waals surface area contributed by atoms with E-state index in [0.29, 0.717) is 18.3 Å². The molecular weight excluding hydrogens is 364 g/mol. The summed E-state index contributed by atoms with van der Waals surface area (Å²) in [4.78, 5) is 13.6. The number of carbonyl (C=O) groups excluding carboxylic acids is 1. The quantitative estimate of drug-likeness (QED) is 0.764. The molecule has 2 aromatic rings. The van der Waals surface area contributed by atoms with Gasteiger partial charge in [-0.15, -0.1) is 0 Å². The van der Waals surface area contributed by atoms with Gasteiger partial charge in [0.15, 0.2) is 0 Å². The highest BCUT2D eigenvalue weighted by Crippen LogP contribution is 2.23. The van der Waals surface area contributed by atoms with E-state index < -0.39 is 11.6 Å². The second-order valence-corrected chi connectivity index (χ2v) is 6.96. The summed E-state index contributed by atoms with van der Waals surface area (Å²) >= 11 is 0. The number of ether oxygens (including phenoxy) is 1. The van der Waals surface area contributed by atoms with E-state index >= 15 is 0 Å². The van der Waals surface area contributed by atoms with Crippen molar-refractivity contribution < 1.29 is 18.3 Å². The lowest BCUT2D eigenvalue weighted by atomic mass is 10.0. The maximum Gasteiger partial charge on any atom is 0.233 e. The topological polar surface area (TPSA) is 53.6 Å². The van der Waals surface area contributed by atoms with Crippen LogP contribution in [-0.4, -0.2) is 43.5 Å². The van der Waals surface area contributed by atoms with E-state index in [-0.39, 0.29) is 11.7 Å². The molecule has 1 fully saturated rings. The monoisotopic (exact) mass is 389 g/mol. The fourth-order valence-corrected chi connectivity index (χ4v) is 3.24. The number of piperidine rings is 1. The molecule has 28 heavy (non-hydrogen) atoms. The number of amides is 1. The SMILES string of the molecule is CNC(=O)CN1CCC(NCc2ccc(Oc3cc(F)cc(F)c3)cc2)CC1. The fraction of sp³-hybridized carbons (Fsp3) is 0.381. The third-order valence-corrected chi connectivity index (χ3v) is 4.82. The lowest BCUT2D eigenvalue weighted by Crippen LogP contribution is -2.45. The van der Waals surface area contributed by atoms with Crippen molar-refractivity contribution in [1.82, 2.24) is 15.5 Å². The molecule has 0 aromatic heterocycles. The molecule has 1 aliphatic rings. The lowest BCUT2D eigenvalue weighted by molar-refractivity contribution is -0.122. The van der Waals surface area contributed by atoms with Crippen molar-refractivity contribution in [3.63, 3.8) is 0 Å². The van der Waals surface area contributed by atoms with Crippen LogP contribution in [0.2, 0.25) is 0 Å². The van der Waals surface area contributed by atoms with Crippen molar-refractivity contribution in [1.29, 1.82) is 0 Å². The molecule has 0 bridgehead atoms. The normalized spacial score (nSPS) is 15.4. The van der Waals surface area contributed by atoms with Crippen LogP contribution in [0.5, 0.6) is 11.5 Å². The molecule has 150 valence electrons. The highest BCUT2D eigenvalue weighted by Gasteiger charge is 2.20. The summed E-state index contributed by atoms with van der Waals surface area (Å²) in [7, 11) is 1.66. The molecule has 2 aromatic carbocycles. The largest absolute Gasteiger partial charge is 0.457 e. The van der Waals surface area contributed by atoms with Gasteiger partial charge in [-0.25, -0.2) is 8.78 Å². The van der Waals surface area contributed by atoms with E-state index in [1.165, 1.54) is 0 Å². The van der Waals surface area contributed by atoms with Gasteiger partial charge < -0.3 is 15.4 Å². The van der Waals surface area contributed by atoms with E-state index in [1.54, 1.807) is 19.2 Å². The van der Waals surface area contributed by atoms with Gasteiger partial charge in [0.2, 0.25) is 5.91 Å². The van der Waals surface area contributed by atoms with Crippen LogP contribution in [0.15, 0.2) is 42.5 Å². The number of nitrogens with zero attached hydrogens (tertiary/aromatic N) is 1. The smallest absolute Gasteiger partial charge is 0.233 e. The Bertz CT molecular complexity index is 770. The fourth-order valence-electron chi connectivity index (χ4n) is 3.24. The summed E-state index contributed by atoms with van der Waals surface area (Å²) in [5.41, 5.74) is 1.10. The Balaban J connectivity index is 1.44. The third-order valence-electron chi connectivity index (χ3n) is 4.82. The molecule has 5 nitrogen and oxygen atoms in total. The zero-order valence-electron chi connectivity index (χ0n) is 15.9. The number of carbonyl (C=O) groups is 1. The molecule has 0 aliphatic carbocycles. The molecule has 3 rings (SSSR count). The van der Waals surface area contributed by atoms with Crippen molar-refractivity contribution in [3.05, 3.63) is 59.7 Å². The highest BCUT2D eigenvalue weighted by atomic mass is 19.1. The molecule has 1 aliphatic heterocycles. The maximum absolute atomic E-state index is 13.2. The first-order chi connectivity index (χ1) is 13.5. The van der Waals surface area contributed by atoms with Gasteiger partial charge in [0.25, 0.3) is 0 Å². The van der Waals surface area contributed by atoms with Gasteiger partial charge in [-0.3, -0.25) is 9.69 Å². The minimum absolute atomic E-state index is 0.0506. The number of likely N-dealkylation sites (tertiary alicyclic amines) is 1. The van der Waals surface area contributed by atoms with Crippen LogP contribution in [0, 0.1) is 11.6 Å². The Labute approximate surface area is 163 Å². The number of halogens is 2. The zero-order chi connectivity index (χ0) is 19.9. The second kappa shape index (κ2) is 9.61. The Morgan fingerprint density at radius 3 is 2.32 bits per heavy atom. The van der Waals surface area contributed by atoms with E-state index in [0.717, 1.165) is 56.2 Å². The summed E-state index contributed by atoms with van der Waals surface area (Å²) in [6, 6.07) is 11.0. The molecule has 7 heteroatoms. The van der Waals surface area contributed by atoms with E-state index in [1.807, 2.05) is 12.1 Å². The number of benzene rings is 2. The number of rotatable bonds is 7. The number of nitrogens with one attached hydrogen (secondary N) is 2. The average Bonchev–Trinajstić information content (AvgIpc) is 2.67. The molecular formula is C21H25F2N3O2. The molecule has 2 N–H and O–H groups in total. The Hall–Kier alpha value is -2.51. The van der Waals surface area contributed by atoms with Gasteiger partial charge in [-0.05, 0) is 30.5 Å². The molecule has 0 saturated carbocycles. The number of likely N-dealkylation sites (N-methyl/N-ethyl adjacent to an activating group) is 1. The Morgan fingerprint density at radius 2 is 1.71 bits per heavy atom. The summed E-state index contributed by atoms with van der Waals surface area (Å²) in [6.07, 6.45) is 2.01. The van der Waals surface area contributed by atoms with Crippen LogP contribution in [0.1, 0.15) is 18.4 Å². The lowest BCUT2D eigenvalue weighted by Gasteiger charge is -2.31. The van der Waals surface area contributed by atoms with Crippen LogP contribution >= 0.6 is 0 Å². The molecule has 0 radical (unpaired) electrons. The first-order valence-corrected chi connectivity index (χ1v) is 9.41. The van der Waals surface area contributed by atoms with Crippen molar-refractivity contribution in [3.8, 4) is 11.5 Å². The van der Waals surface area contributed by atoms with Gasteiger partial charge in [-0.2, -0.15) is 0 Å². The van der Waals surface area contributed by atoms with Crippen molar-refractivity contribution in [2.45, 2.75) is 25.4 Å². The molecule has 1 heterocycles. The van der Waals surface area contributed by atoms with Gasteiger partial charge in [-0.1, -0.05) is 12.1 Å². The Morgan fingerprint density at radius 1 is 1.07 bits per heavy atom. The van der Waals surface area contributed by atoms with Gasteiger partial charge in [0.05, 0.1) is 6.54 Å². The Kier molecular flexibility index (Phi) is 6.95. The summed E-state index contributed by atoms with van der Waals surface area (Å²) < 4.78 is 32.0. The van der Waals surface area contributed by atoms with Crippen LogP contribution in [0.25, 0.3) is 0 Å². The van der Waals surface area contributed by atoms with Crippen LogP contribution in [-0.2, 0) is 11.3 Å². The van der Waals surface area contributed by atoms with Crippen molar-refractivity contribution in [2.24, 2.45) is 0 Å². The maximum atomic E-state index is 13.2. The predicted molar refractivity (Wildman–Crippen MR) is 103 cm³/mol. The number of hydrogen-bond acceptors (Lipinski definition) is 4. The minimum atomic E-state index is -0.669. The van der Waals surface area contributed by atoms with Gasteiger partial charge >= 0.3 is 0 Å². The summed E-state index contributed by atoms with van der Waals surface area (Å²) in [6.45, 7) is 3.00. The van der Waals surface area contributed by atoms with Crippen molar-refractivity contribution >= 4 is 5.91 Å². The minimum Gasteiger partial charge on any atom is -0.457 e. The highest BCUT2D eigenvalue weighted by molar-refractivity contribution is 5.77. The first kappa shape index (κ1) is 20.2. The van der Waals surface area contributed by atoms with Crippen LogP contribution in [0.4, 0.5) is 8.78 Å². The van der Waals surface area contributed by atoms with E-state index in [9.17, 15) is 13.6 Å². The standard InChI is InChI=1S/C21H25F2N3O2/c1-24-21(27)14-26-8-6-18(7-9-26)25-13-15-2-4-19(5-3-15)28-20-11-16(22)10-17(23)12-20/h2-5,10-12,18,25H,6-9,13-14H2,1H3,(H,24,27). The second-order valence-electron chi connectivity index (χ2n) is 6.96. The molecule has 0 atom stereocenters. The molecule has 0 spiro atoms. The third kappa shape index (κ3) is 6.00. The van der Waals surface area contributed by atoms with Crippen molar-refractivity contribution in [2.75, 3.05) is 26.7 Å². The van der Waals surface area contributed by atoms with Crippen LogP contribution < -0.4 is 15.4 Å². The average molecular weight is 389 g/mol. The summed E-state index contributed by atoms with van der Waals surface area (Å²) in [5.74, 6) is -0.632. The van der Waals surface area contributed by atoms with Crippen LogP contribution in [0.3, 0.4) is 0 Å². The van der Waals surface area contributed by atoms with Gasteiger partial charge in [0.1, 0.15) is 23.1 Å². The zero-order valence-corrected chi connectivity index (χ0v) is 15.9.